The second-order valence-corrected chi connectivity index (χ2v) is 5.53. The van der Waals surface area contributed by atoms with Crippen LogP contribution < -0.4 is 5.73 Å². The zero-order valence-electron chi connectivity index (χ0n) is 11.5. The van der Waals surface area contributed by atoms with E-state index in [1.807, 2.05) is 0 Å². The molecule has 0 spiro atoms. The minimum atomic E-state index is -0.688. The number of hydrogen-bond acceptors (Lipinski definition) is 3. The van der Waals surface area contributed by atoms with Crippen molar-refractivity contribution in [3.8, 4) is 11.1 Å². The highest BCUT2D eigenvalue weighted by molar-refractivity contribution is 5.92. The number of rotatable bonds is 2. The first-order valence-corrected chi connectivity index (χ1v) is 7.00. The maximum Gasteiger partial charge on any atom is 0.267 e. The van der Waals surface area contributed by atoms with Gasteiger partial charge in [-0.25, -0.2) is 13.8 Å². The zero-order valence-corrected chi connectivity index (χ0v) is 11.5. The predicted octanol–water partition coefficient (Wildman–Crippen LogP) is 3.03. The number of fused-ring (bicyclic) bond motifs is 5. The Morgan fingerprint density at radius 2 is 1.95 bits per heavy atom. The zero-order chi connectivity index (χ0) is 15.4. The number of amides is 1. The third kappa shape index (κ3) is 1.84. The van der Waals surface area contributed by atoms with Gasteiger partial charge in [-0.05, 0) is 36.6 Å². The van der Waals surface area contributed by atoms with E-state index in [1.165, 1.54) is 18.2 Å². The summed E-state index contributed by atoms with van der Waals surface area (Å²) in [5.41, 5.74) is 7.54. The summed E-state index contributed by atoms with van der Waals surface area (Å²) in [5.74, 6) is -2.03. The van der Waals surface area contributed by atoms with Crippen LogP contribution in [0.1, 0.15) is 46.8 Å². The number of primary amides is 1. The van der Waals surface area contributed by atoms with Crippen molar-refractivity contribution in [3.63, 3.8) is 0 Å². The second-order valence-electron chi connectivity index (χ2n) is 5.53. The average molecular weight is 302 g/mol. The third-order valence-corrected chi connectivity index (χ3v) is 4.21. The molecule has 2 aliphatic heterocycles. The molecule has 2 N–H and O–H groups in total. The average Bonchev–Trinajstić information content (AvgIpc) is 3.08. The van der Waals surface area contributed by atoms with Crippen LogP contribution in [-0.4, -0.2) is 10.9 Å². The Bertz CT molecular complexity index is 807. The number of hydrogen-bond donors (Lipinski definition) is 1. The van der Waals surface area contributed by atoms with Crippen LogP contribution in [0, 0.1) is 11.6 Å². The number of benzene rings is 1. The Morgan fingerprint density at radius 3 is 2.68 bits per heavy atom. The standard InChI is InChI=1S/C16H12F2N2O2/c17-7-1-2-8(10(18)5-7)9-6-11(16(19)21)20-15-13-4-3-12(22-13)14(9)15/h1-2,5-6,12-13H,3-4H2,(H2,19,21)/t12-,13+/m0/s1. The van der Waals surface area contributed by atoms with E-state index >= 15 is 0 Å². The van der Waals surface area contributed by atoms with Crippen molar-refractivity contribution < 1.29 is 18.3 Å². The molecule has 1 saturated heterocycles. The molecule has 0 saturated carbocycles. The quantitative estimate of drug-likeness (QED) is 0.927. The first-order valence-electron chi connectivity index (χ1n) is 7.00. The molecular weight excluding hydrogens is 290 g/mol. The van der Waals surface area contributed by atoms with Crippen molar-refractivity contribution in [2.75, 3.05) is 0 Å². The van der Waals surface area contributed by atoms with Crippen LogP contribution in [0.4, 0.5) is 8.78 Å². The molecule has 4 rings (SSSR count). The Balaban J connectivity index is 1.99. The van der Waals surface area contributed by atoms with Gasteiger partial charge in [0.2, 0.25) is 0 Å². The van der Waals surface area contributed by atoms with E-state index in [4.69, 9.17) is 10.5 Å². The first-order chi connectivity index (χ1) is 10.5. The van der Waals surface area contributed by atoms with Crippen LogP contribution in [0.15, 0.2) is 24.3 Å². The van der Waals surface area contributed by atoms with Crippen LogP contribution in [-0.2, 0) is 4.74 Å². The molecule has 1 aromatic carbocycles. The fourth-order valence-corrected chi connectivity index (χ4v) is 3.27. The normalized spacial score (nSPS) is 21.9. The highest BCUT2D eigenvalue weighted by atomic mass is 19.1. The molecule has 0 radical (unpaired) electrons. The van der Waals surface area contributed by atoms with Gasteiger partial charge in [0.05, 0.1) is 11.8 Å². The van der Waals surface area contributed by atoms with Gasteiger partial charge in [0.25, 0.3) is 5.91 Å². The van der Waals surface area contributed by atoms with Gasteiger partial charge in [-0.2, -0.15) is 0 Å². The summed E-state index contributed by atoms with van der Waals surface area (Å²) in [6, 6.07) is 4.82. The molecule has 4 nitrogen and oxygen atoms in total. The van der Waals surface area contributed by atoms with Gasteiger partial charge in [-0.3, -0.25) is 4.79 Å². The van der Waals surface area contributed by atoms with E-state index in [-0.39, 0.29) is 23.5 Å². The van der Waals surface area contributed by atoms with Crippen molar-refractivity contribution in [1.82, 2.24) is 4.98 Å². The molecule has 3 heterocycles. The molecule has 22 heavy (non-hydrogen) atoms. The summed E-state index contributed by atoms with van der Waals surface area (Å²) < 4.78 is 33.1. The number of carbonyl (C=O) groups excluding carboxylic acids is 1. The molecule has 6 heteroatoms. The van der Waals surface area contributed by atoms with Crippen LogP contribution in [0.25, 0.3) is 11.1 Å². The molecule has 1 aromatic heterocycles. The lowest BCUT2D eigenvalue weighted by atomic mass is 9.88. The monoisotopic (exact) mass is 302 g/mol. The molecule has 1 amide bonds. The summed E-state index contributed by atoms with van der Waals surface area (Å²) in [7, 11) is 0. The van der Waals surface area contributed by atoms with Crippen LogP contribution >= 0.6 is 0 Å². The first kappa shape index (κ1) is 13.3. The number of ether oxygens (including phenoxy) is 1. The second kappa shape index (κ2) is 4.58. The van der Waals surface area contributed by atoms with Gasteiger partial charge in [0.1, 0.15) is 23.4 Å². The van der Waals surface area contributed by atoms with Crippen LogP contribution in [0.3, 0.4) is 0 Å². The van der Waals surface area contributed by atoms with E-state index < -0.39 is 17.5 Å². The van der Waals surface area contributed by atoms with Crippen LogP contribution in [0.2, 0.25) is 0 Å². The van der Waals surface area contributed by atoms with Gasteiger partial charge in [-0.1, -0.05) is 0 Å². The van der Waals surface area contributed by atoms with E-state index in [2.05, 4.69) is 4.98 Å². The van der Waals surface area contributed by atoms with Gasteiger partial charge in [0, 0.05) is 17.2 Å². The molecule has 1 fully saturated rings. The van der Waals surface area contributed by atoms with Gasteiger partial charge in [-0.15, -0.1) is 0 Å². The molecule has 112 valence electrons. The number of pyridine rings is 1. The minimum absolute atomic E-state index is 0.0635. The summed E-state index contributed by atoms with van der Waals surface area (Å²) in [5, 5.41) is 0. The maximum atomic E-state index is 14.2. The topological polar surface area (TPSA) is 65.2 Å². The van der Waals surface area contributed by atoms with Crippen molar-refractivity contribution in [2.45, 2.75) is 25.0 Å². The number of aromatic nitrogens is 1. The molecule has 2 aliphatic rings. The van der Waals surface area contributed by atoms with E-state index in [0.717, 1.165) is 24.5 Å². The van der Waals surface area contributed by atoms with Crippen molar-refractivity contribution >= 4 is 5.91 Å². The van der Waals surface area contributed by atoms with E-state index in [0.29, 0.717) is 11.3 Å². The Morgan fingerprint density at radius 1 is 1.18 bits per heavy atom. The largest absolute Gasteiger partial charge is 0.364 e. The van der Waals surface area contributed by atoms with Crippen LogP contribution in [0.5, 0.6) is 0 Å². The molecule has 0 unspecified atom stereocenters. The number of carbonyl (C=O) groups is 1. The SMILES string of the molecule is NC(=O)c1cc(-c2ccc(F)cc2F)c2c(n1)[C@H]1CC[C@@H]2O1. The minimum Gasteiger partial charge on any atom is -0.364 e. The summed E-state index contributed by atoms with van der Waals surface area (Å²) in [6.45, 7) is 0. The molecule has 0 aliphatic carbocycles. The predicted molar refractivity (Wildman–Crippen MR) is 73.9 cm³/mol. The summed E-state index contributed by atoms with van der Waals surface area (Å²) >= 11 is 0. The number of nitrogens with two attached hydrogens (primary N) is 1. The van der Waals surface area contributed by atoms with Crippen molar-refractivity contribution in [1.29, 1.82) is 0 Å². The number of halogens is 2. The molecular formula is C16H12F2N2O2. The number of nitrogens with zero attached hydrogens (tertiary/aromatic N) is 1. The van der Waals surface area contributed by atoms with E-state index in [1.54, 1.807) is 0 Å². The Hall–Kier alpha value is -2.34. The Labute approximate surface area is 124 Å². The van der Waals surface area contributed by atoms with Crippen molar-refractivity contribution in [2.24, 2.45) is 5.73 Å². The molecule has 2 bridgehead atoms. The van der Waals surface area contributed by atoms with Gasteiger partial charge in [0.15, 0.2) is 0 Å². The Kier molecular flexibility index (Phi) is 2.77. The smallest absolute Gasteiger partial charge is 0.267 e. The fourth-order valence-electron chi connectivity index (χ4n) is 3.27. The van der Waals surface area contributed by atoms with Gasteiger partial charge < -0.3 is 10.5 Å². The van der Waals surface area contributed by atoms with E-state index in [9.17, 15) is 13.6 Å². The lowest BCUT2D eigenvalue weighted by molar-refractivity contribution is 0.0704. The maximum absolute atomic E-state index is 14.2. The van der Waals surface area contributed by atoms with Crippen molar-refractivity contribution in [3.05, 3.63) is 52.9 Å². The molecule has 2 atom stereocenters. The molecule has 2 aromatic rings. The highest BCUT2D eigenvalue weighted by Gasteiger charge is 2.42. The fraction of sp³-hybridized carbons (Fsp3) is 0.250. The van der Waals surface area contributed by atoms with Gasteiger partial charge >= 0.3 is 0 Å². The lowest BCUT2D eigenvalue weighted by Crippen LogP contribution is -2.16. The summed E-state index contributed by atoms with van der Waals surface area (Å²) in [4.78, 5) is 15.8. The lowest BCUT2D eigenvalue weighted by Gasteiger charge is -2.17. The third-order valence-electron chi connectivity index (χ3n) is 4.21. The summed E-state index contributed by atoms with van der Waals surface area (Å²) in [6.07, 6.45) is 1.30. The highest BCUT2D eigenvalue weighted by Crippen LogP contribution is 2.53.